The van der Waals surface area contributed by atoms with Crippen molar-refractivity contribution in [3.63, 3.8) is 0 Å². The molecule has 1 aliphatic carbocycles. The van der Waals surface area contributed by atoms with Crippen molar-refractivity contribution >= 4 is 23.2 Å². The second-order valence-electron chi connectivity index (χ2n) is 7.41. The van der Waals surface area contributed by atoms with Crippen molar-refractivity contribution in [1.29, 1.82) is 0 Å². The molecule has 1 saturated carbocycles. The van der Waals surface area contributed by atoms with Gasteiger partial charge in [0.15, 0.2) is 0 Å². The monoisotopic (exact) mass is 405 g/mol. The number of thiazole rings is 1. The van der Waals surface area contributed by atoms with Crippen LogP contribution >= 0.6 is 11.3 Å². The zero-order valence-electron chi connectivity index (χ0n) is 16.3. The van der Waals surface area contributed by atoms with E-state index in [1.165, 1.54) is 16.9 Å². The summed E-state index contributed by atoms with van der Waals surface area (Å²) in [6.45, 7) is 2.43. The highest BCUT2D eigenvalue weighted by Crippen LogP contribution is 2.32. The zero-order valence-corrected chi connectivity index (χ0v) is 17.1. The maximum Gasteiger partial charge on any atom is 0.266 e. The van der Waals surface area contributed by atoms with Crippen LogP contribution < -0.4 is 5.73 Å². The maximum absolute atomic E-state index is 13.3. The van der Waals surface area contributed by atoms with Crippen molar-refractivity contribution in [2.75, 3.05) is 0 Å². The van der Waals surface area contributed by atoms with Crippen molar-refractivity contribution in [2.24, 2.45) is 5.73 Å². The van der Waals surface area contributed by atoms with E-state index in [1.807, 2.05) is 42.2 Å². The van der Waals surface area contributed by atoms with E-state index in [0.29, 0.717) is 12.1 Å². The number of carbonyl (C=O) groups excluding carboxylic acids is 2. The Morgan fingerprint density at radius 1 is 1.07 bits per heavy atom. The maximum atomic E-state index is 13.3. The molecule has 29 heavy (non-hydrogen) atoms. The van der Waals surface area contributed by atoms with E-state index in [2.05, 4.69) is 17.1 Å². The van der Waals surface area contributed by atoms with Crippen molar-refractivity contribution < 1.29 is 9.59 Å². The quantitative estimate of drug-likeness (QED) is 0.647. The smallest absolute Gasteiger partial charge is 0.266 e. The third-order valence-corrected chi connectivity index (χ3v) is 6.22. The first kappa shape index (κ1) is 19.3. The Bertz CT molecular complexity index is 1020. The van der Waals surface area contributed by atoms with Gasteiger partial charge in [0.2, 0.25) is 5.91 Å². The molecule has 2 amide bonds. The van der Waals surface area contributed by atoms with Crippen LogP contribution in [0.2, 0.25) is 0 Å². The molecule has 1 heterocycles. The molecule has 148 valence electrons. The van der Waals surface area contributed by atoms with Crippen LogP contribution in [-0.2, 0) is 13.0 Å². The van der Waals surface area contributed by atoms with Gasteiger partial charge in [0.05, 0.1) is 10.7 Å². The van der Waals surface area contributed by atoms with Gasteiger partial charge in [-0.15, -0.1) is 11.3 Å². The number of hydrogen-bond donors (Lipinski definition) is 1. The van der Waals surface area contributed by atoms with Crippen molar-refractivity contribution in [3.8, 4) is 0 Å². The van der Waals surface area contributed by atoms with Crippen LogP contribution in [-0.4, -0.2) is 27.7 Å². The molecule has 0 saturated heterocycles. The third-order valence-electron chi connectivity index (χ3n) is 5.07. The fraction of sp³-hybridized carbons (Fsp3) is 0.261. The summed E-state index contributed by atoms with van der Waals surface area (Å²) in [5.74, 6) is -0.404. The Hall–Kier alpha value is -2.99. The Kier molecular flexibility index (Phi) is 5.45. The summed E-state index contributed by atoms with van der Waals surface area (Å²) in [7, 11) is 0. The SMILES string of the molecule is Cc1nc(Cc2ccccc2)sc1C(=O)N(Cc1ccc(C(N)=O)cc1)C1CC1. The summed E-state index contributed by atoms with van der Waals surface area (Å²) >= 11 is 1.49. The molecule has 3 aromatic rings. The molecule has 1 aliphatic rings. The van der Waals surface area contributed by atoms with Crippen molar-refractivity contribution in [2.45, 2.75) is 38.8 Å². The van der Waals surface area contributed by atoms with Crippen LogP contribution in [0.1, 0.15) is 54.7 Å². The minimum absolute atomic E-state index is 0.0424. The highest BCUT2D eigenvalue weighted by Gasteiger charge is 2.34. The number of aryl methyl sites for hydroxylation is 1. The number of hydrogen-bond acceptors (Lipinski definition) is 4. The lowest BCUT2D eigenvalue weighted by Gasteiger charge is -2.22. The van der Waals surface area contributed by atoms with Crippen LogP contribution in [0.4, 0.5) is 0 Å². The molecular formula is C23H23N3O2S. The molecule has 0 spiro atoms. The Labute approximate surface area is 174 Å². The van der Waals surface area contributed by atoms with Gasteiger partial charge in [0.25, 0.3) is 5.91 Å². The lowest BCUT2D eigenvalue weighted by atomic mass is 10.1. The number of aromatic nitrogens is 1. The summed E-state index contributed by atoms with van der Waals surface area (Å²) < 4.78 is 0. The van der Waals surface area contributed by atoms with Gasteiger partial charge in [-0.3, -0.25) is 9.59 Å². The van der Waals surface area contributed by atoms with E-state index < -0.39 is 5.91 Å². The van der Waals surface area contributed by atoms with E-state index in [0.717, 1.165) is 40.4 Å². The average molecular weight is 406 g/mol. The largest absolute Gasteiger partial charge is 0.366 e. The minimum Gasteiger partial charge on any atom is -0.366 e. The average Bonchev–Trinajstić information content (AvgIpc) is 3.49. The van der Waals surface area contributed by atoms with Gasteiger partial charge in [-0.25, -0.2) is 4.98 Å². The third kappa shape index (κ3) is 4.54. The number of benzene rings is 2. The number of nitrogens with zero attached hydrogens (tertiary/aromatic N) is 2. The van der Waals surface area contributed by atoms with Gasteiger partial charge in [-0.1, -0.05) is 42.5 Å². The standard InChI is InChI=1S/C23H23N3O2S/c1-15-21(29-20(25-15)13-16-5-3-2-4-6-16)23(28)26(19-11-12-19)14-17-7-9-18(10-8-17)22(24)27/h2-10,19H,11-14H2,1H3,(H2,24,27). The Morgan fingerprint density at radius 3 is 2.38 bits per heavy atom. The van der Waals surface area contributed by atoms with Crippen LogP contribution in [0.3, 0.4) is 0 Å². The normalized spacial score (nSPS) is 13.3. The predicted octanol–water partition coefficient (Wildman–Crippen LogP) is 3.95. The summed E-state index contributed by atoms with van der Waals surface area (Å²) in [6.07, 6.45) is 2.79. The van der Waals surface area contributed by atoms with Gasteiger partial charge in [0.1, 0.15) is 4.88 Å². The fourth-order valence-electron chi connectivity index (χ4n) is 3.35. The summed E-state index contributed by atoms with van der Waals surface area (Å²) in [5, 5.41) is 0.957. The first-order valence-corrected chi connectivity index (χ1v) is 10.5. The van der Waals surface area contributed by atoms with Gasteiger partial charge < -0.3 is 10.6 Å². The molecule has 0 bridgehead atoms. The molecule has 0 radical (unpaired) electrons. The number of primary amides is 1. The molecule has 1 aromatic heterocycles. The highest BCUT2D eigenvalue weighted by atomic mass is 32.1. The Balaban J connectivity index is 1.52. The highest BCUT2D eigenvalue weighted by molar-refractivity contribution is 7.13. The zero-order chi connectivity index (χ0) is 20.4. The van der Waals surface area contributed by atoms with Crippen molar-refractivity contribution in [3.05, 3.63) is 86.9 Å². The van der Waals surface area contributed by atoms with Gasteiger partial charge in [-0.2, -0.15) is 0 Å². The van der Waals surface area contributed by atoms with Gasteiger partial charge >= 0.3 is 0 Å². The van der Waals surface area contributed by atoms with E-state index in [4.69, 9.17) is 5.73 Å². The van der Waals surface area contributed by atoms with E-state index >= 15 is 0 Å². The fourth-order valence-corrected chi connectivity index (χ4v) is 4.41. The first-order valence-electron chi connectivity index (χ1n) is 9.71. The van der Waals surface area contributed by atoms with E-state index in [1.54, 1.807) is 12.1 Å². The van der Waals surface area contributed by atoms with Crippen molar-refractivity contribution in [1.82, 2.24) is 9.88 Å². The summed E-state index contributed by atoms with van der Waals surface area (Å²) in [6, 6.07) is 17.6. The van der Waals surface area contributed by atoms with Crippen LogP contribution in [0, 0.1) is 6.92 Å². The summed E-state index contributed by atoms with van der Waals surface area (Å²) in [4.78, 5) is 31.9. The molecular weight excluding hydrogens is 382 g/mol. The molecule has 6 heteroatoms. The second kappa shape index (κ2) is 8.17. The lowest BCUT2D eigenvalue weighted by Crippen LogP contribution is -2.32. The lowest BCUT2D eigenvalue weighted by molar-refractivity contribution is 0.0733. The molecule has 0 unspecified atom stereocenters. The van der Waals surface area contributed by atoms with Gasteiger partial charge in [0, 0.05) is 24.6 Å². The first-order chi connectivity index (χ1) is 14.0. The topological polar surface area (TPSA) is 76.3 Å². The second-order valence-corrected chi connectivity index (χ2v) is 8.49. The van der Waals surface area contributed by atoms with Gasteiger partial charge in [-0.05, 0) is 43.0 Å². The molecule has 0 atom stereocenters. The molecule has 1 fully saturated rings. The number of amides is 2. The van der Waals surface area contributed by atoms with Crippen LogP contribution in [0.5, 0.6) is 0 Å². The van der Waals surface area contributed by atoms with Crippen LogP contribution in [0.15, 0.2) is 54.6 Å². The molecule has 2 N–H and O–H groups in total. The van der Waals surface area contributed by atoms with E-state index in [-0.39, 0.29) is 11.9 Å². The molecule has 4 rings (SSSR count). The number of nitrogens with two attached hydrogens (primary N) is 1. The Morgan fingerprint density at radius 2 is 1.76 bits per heavy atom. The molecule has 5 nitrogen and oxygen atoms in total. The van der Waals surface area contributed by atoms with Crippen LogP contribution in [0.25, 0.3) is 0 Å². The number of rotatable bonds is 7. The number of carbonyl (C=O) groups is 2. The molecule has 2 aromatic carbocycles. The van der Waals surface area contributed by atoms with E-state index in [9.17, 15) is 9.59 Å². The summed E-state index contributed by atoms with van der Waals surface area (Å²) in [5.41, 5.74) is 8.76. The molecule has 0 aliphatic heterocycles. The minimum atomic E-state index is -0.446. The predicted molar refractivity (Wildman–Crippen MR) is 114 cm³/mol.